The highest BCUT2D eigenvalue weighted by atomic mass is 16.2. The number of hydrogen-bond acceptors (Lipinski definition) is 2. The molecule has 0 saturated heterocycles. The van der Waals surface area contributed by atoms with Crippen LogP contribution in [0.3, 0.4) is 0 Å². The second kappa shape index (κ2) is 8.62. The molecule has 1 aromatic carbocycles. The minimum atomic E-state index is 0.135. The summed E-state index contributed by atoms with van der Waals surface area (Å²) in [4.78, 5) is 14.7. The first-order valence-electron chi connectivity index (χ1n) is 7.79. The van der Waals surface area contributed by atoms with Gasteiger partial charge in [0.05, 0.1) is 5.56 Å². The van der Waals surface area contributed by atoms with Crippen LogP contribution in [0.5, 0.6) is 0 Å². The van der Waals surface area contributed by atoms with E-state index in [0.29, 0.717) is 5.92 Å². The molecule has 0 unspecified atom stereocenters. The molecule has 0 saturated carbocycles. The van der Waals surface area contributed by atoms with Crippen LogP contribution >= 0.6 is 0 Å². The fourth-order valence-electron chi connectivity index (χ4n) is 2.40. The van der Waals surface area contributed by atoms with E-state index < -0.39 is 0 Å². The van der Waals surface area contributed by atoms with E-state index in [2.05, 4.69) is 26.1 Å². The summed E-state index contributed by atoms with van der Waals surface area (Å²) in [7, 11) is 0. The molecule has 0 aliphatic rings. The fourth-order valence-corrected chi connectivity index (χ4v) is 2.40. The van der Waals surface area contributed by atoms with Crippen molar-refractivity contribution in [2.75, 3.05) is 25.0 Å². The minimum absolute atomic E-state index is 0.135. The number of carbonyl (C=O) groups is 1. The maximum atomic E-state index is 12.7. The van der Waals surface area contributed by atoms with Crippen molar-refractivity contribution >= 4 is 11.6 Å². The van der Waals surface area contributed by atoms with Crippen LogP contribution in [0.4, 0.5) is 5.69 Å². The Morgan fingerprint density at radius 1 is 1.15 bits per heavy atom. The van der Waals surface area contributed by atoms with Crippen LogP contribution in [0.25, 0.3) is 0 Å². The molecule has 0 heterocycles. The Bertz CT molecular complexity index is 413. The summed E-state index contributed by atoms with van der Waals surface area (Å²) in [5.74, 6) is 0.723. The van der Waals surface area contributed by atoms with Gasteiger partial charge in [0.15, 0.2) is 0 Å². The summed E-state index contributed by atoms with van der Waals surface area (Å²) in [5.41, 5.74) is 1.71. The van der Waals surface area contributed by atoms with Gasteiger partial charge >= 0.3 is 0 Å². The predicted octanol–water partition coefficient (Wildman–Crippen LogP) is 4.02. The summed E-state index contributed by atoms with van der Waals surface area (Å²) >= 11 is 0. The molecule has 0 aliphatic carbocycles. The molecule has 3 heteroatoms. The summed E-state index contributed by atoms with van der Waals surface area (Å²) in [6, 6.07) is 7.78. The van der Waals surface area contributed by atoms with Gasteiger partial charge in [0, 0.05) is 25.3 Å². The van der Waals surface area contributed by atoms with Crippen molar-refractivity contribution in [3.05, 3.63) is 29.8 Å². The number of hydrogen-bond donors (Lipinski definition) is 1. The van der Waals surface area contributed by atoms with Crippen LogP contribution in [-0.4, -0.2) is 30.4 Å². The second-order valence-corrected chi connectivity index (χ2v) is 5.10. The molecular weight excluding hydrogens is 248 g/mol. The number of amides is 1. The number of carbonyl (C=O) groups excluding carboxylic acids is 1. The topological polar surface area (TPSA) is 32.3 Å². The van der Waals surface area contributed by atoms with Gasteiger partial charge in [-0.25, -0.2) is 0 Å². The highest BCUT2D eigenvalue weighted by Crippen LogP contribution is 2.19. The molecule has 0 bridgehead atoms. The van der Waals surface area contributed by atoms with E-state index in [9.17, 15) is 4.79 Å². The van der Waals surface area contributed by atoms with Gasteiger partial charge in [-0.3, -0.25) is 4.79 Å². The standard InChI is InChI=1S/C17H28N2O/c1-5-14(6-2)13-19(8-4)17(20)15-11-9-10-12-16(15)18-7-3/h9-12,14,18H,5-8,13H2,1-4H3. The summed E-state index contributed by atoms with van der Waals surface area (Å²) in [6.07, 6.45) is 2.24. The van der Waals surface area contributed by atoms with Gasteiger partial charge in [0.2, 0.25) is 0 Å². The van der Waals surface area contributed by atoms with Crippen LogP contribution in [0.15, 0.2) is 24.3 Å². The maximum absolute atomic E-state index is 12.7. The lowest BCUT2D eigenvalue weighted by Gasteiger charge is -2.26. The Balaban J connectivity index is 2.90. The Hall–Kier alpha value is -1.51. The van der Waals surface area contributed by atoms with Gasteiger partial charge in [-0.15, -0.1) is 0 Å². The van der Waals surface area contributed by atoms with E-state index in [1.165, 1.54) is 0 Å². The largest absolute Gasteiger partial charge is 0.385 e. The van der Waals surface area contributed by atoms with Crippen LogP contribution in [-0.2, 0) is 0 Å². The monoisotopic (exact) mass is 276 g/mol. The number of para-hydroxylation sites is 1. The Morgan fingerprint density at radius 3 is 2.35 bits per heavy atom. The summed E-state index contributed by atoms with van der Waals surface area (Å²) in [6.45, 7) is 10.9. The van der Waals surface area contributed by atoms with Crippen molar-refractivity contribution in [3.63, 3.8) is 0 Å². The summed E-state index contributed by atoms with van der Waals surface area (Å²) < 4.78 is 0. The molecule has 0 aromatic heterocycles. The maximum Gasteiger partial charge on any atom is 0.255 e. The van der Waals surface area contributed by atoms with Crippen molar-refractivity contribution in [1.82, 2.24) is 4.90 Å². The molecule has 0 fully saturated rings. The Kier molecular flexibility index (Phi) is 7.13. The van der Waals surface area contributed by atoms with Crippen molar-refractivity contribution in [2.45, 2.75) is 40.5 Å². The zero-order valence-electron chi connectivity index (χ0n) is 13.3. The Morgan fingerprint density at radius 2 is 1.80 bits per heavy atom. The van der Waals surface area contributed by atoms with Gasteiger partial charge < -0.3 is 10.2 Å². The number of nitrogens with one attached hydrogen (secondary N) is 1. The molecule has 3 nitrogen and oxygen atoms in total. The average molecular weight is 276 g/mol. The minimum Gasteiger partial charge on any atom is -0.385 e. The number of benzene rings is 1. The van der Waals surface area contributed by atoms with Crippen molar-refractivity contribution in [1.29, 1.82) is 0 Å². The van der Waals surface area contributed by atoms with E-state index >= 15 is 0 Å². The third-order valence-corrected chi connectivity index (χ3v) is 3.83. The van der Waals surface area contributed by atoms with Gasteiger partial charge in [0.1, 0.15) is 0 Å². The first kappa shape index (κ1) is 16.5. The molecule has 1 N–H and O–H groups in total. The Labute approximate surface area is 123 Å². The number of nitrogens with zero attached hydrogens (tertiary/aromatic N) is 1. The molecule has 1 aromatic rings. The van der Waals surface area contributed by atoms with Crippen LogP contribution in [0.1, 0.15) is 50.9 Å². The first-order chi connectivity index (χ1) is 9.67. The van der Waals surface area contributed by atoms with Crippen LogP contribution in [0.2, 0.25) is 0 Å². The van der Waals surface area contributed by atoms with Crippen molar-refractivity contribution in [3.8, 4) is 0 Å². The van der Waals surface area contributed by atoms with Gasteiger partial charge in [-0.05, 0) is 31.9 Å². The van der Waals surface area contributed by atoms with Gasteiger partial charge in [-0.1, -0.05) is 38.8 Å². The zero-order chi connectivity index (χ0) is 15.0. The molecular formula is C17H28N2O. The fraction of sp³-hybridized carbons (Fsp3) is 0.588. The van der Waals surface area contributed by atoms with Crippen molar-refractivity contribution < 1.29 is 4.79 Å². The average Bonchev–Trinajstić information content (AvgIpc) is 2.49. The van der Waals surface area contributed by atoms with E-state index in [1.807, 2.05) is 36.1 Å². The third kappa shape index (κ3) is 4.26. The van der Waals surface area contributed by atoms with Crippen LogP contribution in [0, 0.1) is 5.92 Å². The predicted molar refractivity (Wildman–Crippen MR) is 86.3 cm³/mol. The number of anilines is 1. The van der Waals surface area contributed by atoms with Crippen molar-refractivity contribution in [2.24, 2.45) is 5.92 Å². The number of rotatable bonds is 8. The molecule has 0 spiro atoms. The normalized spacial score (nSPS) is 10.7. The highest BCUT2D eigenvalue weighted by Gasteiger charge is 2.19. The van der Waals surface area contributed by atoms with Crippen LogP contribution < -0.4 is 5.32 Å². The zero-order valence-corrected chi connectivity index (χ0v) is 13.3. The van der Waals surface area contributed by atoms with E-state index in [1.54, 1.807) is 0 Å². The lowest BCUT2D eigenvalue weighted by atomic mass is 10.0. The second-order valence-electron chi connectivity index (χ2n) is 5.10. The molecule has 0 aliphatic heterocycles. The molecule has 20 heavy (non-hydrogen) atoms. The SMILES string of the molecule is CCNc1ccccc1C(=O)N(CC)CC(CC)CC. The molecule has 0 atom stereocenters. The smallest absolute Gasteiger partial charge is 0.255 e. The van der Waals surface area contributed by atoms with E-state index in [4.69, 9.17) is 0 Å². The molecule has 112 valence electrons. The van der Waals surface area contributed by atoms with Gasteiger partial charge in [0.25, 0.3) is 5.91 Å². The van der Waals surface area contributed by atoms with E-state index in [-0.39, 0.29) is 5.91 Å². The molecule has 1 rings (SSSR count). The van der Waals surface area contributed by atoms with E-state index in [0.717, 1.165) is 43.7 Å². The molecule has 1 amide bonds. The lowest BCUT2D eigenvalue weighted by Crippen LogP contribution is -2.35. The molecule has 0 radical (unpaired) electrons. The third-order valence-electron chi connectivity index (χ3n) is 3.83. The lowest BCUT2D eigenvalue weighted by molar-refractivity contribution is 0.0736. The van der Waals surface area contributed by atoms with Gasteiger partial charge in [-0.2, -0.15) is 0 Å². The summed E-state index contributed by atoms with van der Waals surface area (Å²) in [5, 5.41) is 3.27. The quantitative estimate of drug-likeness (QED) is 0.778. The first-order valence-corrected chi connectivity index (χ1v) is 7.79. The highest BCUT2D eigenvalue weighted by molar-refractivity contribution is 5.99.